The lowest BCUT2D eigenvalue weighted by Crippen LogP contribution is -2.36. The van der Waals surface area contributed by atoms with Crippen LogP contribution in [0.5, 0.6) is 0 Å². The van der Waals surface area contributed by atoms with Crippen molar-refractivity contribution in [3.05, 3.63) is 63.6 Å². The molecule has 0 fully saturated rings. The van der Waals surface area contributed by atoms with Gasteiger partial charge in [-0.1, -0.05) is 35.3 Å². The molecule has 0 bridgehead atoms. The molecule has 0 aliphatic carbocycles. The van der Waals surface area contributed by atoms with E-state index in [1.54, 1.807) is 6.07 Å². The van der Waals surface area contributed by atoms with E-state index in [4.69, 9.17) is 23.2 Å². The predicted octanol–water partition coefficient (Wildman–Crippen LogP) is 3.11. The molecule has 7 heteroatoms. The maximum Gasteiger partial charge on any atom is 0.253 e. The van der Waals surface area contributed by atoms with E-state index >= 15 is 0 Å². The summed E-state index contributed by atoms with van der Waals surface area (Å²) < 4.78 is 0. The van der Waals surface area contributed by atoms with Crippen LogP contribution < -0.4 is 15.5 Å². The molecule has 0 spiro atoms. The summed E-state index contributed by atoms with van der Waals surface area (Å²) in [5, 5.41) is 5.98. The van der Waals surface area contributed by atoms with Gasteiger partial charge in [0.1, 0.15) is 0 Å². The Morgan fingerprint density at radius 1 is 1.00 bits per heavy atom. The smallest absolute Gasteiger partial charge is 0.253 e. The fourth-order valence-corrected chi connectivity index (χ4v) is 2.60. The van der Waals surface area contributed by atoms with Gasteiger partial charge in [0.25, 0.3) is 5.91 Å². The highest BCUT2D eigenvalue weighted by molar-refractivity contribution is 6.36. The van der Waals surface area contributed by atoms with E-state index in [-0.39, 0.29) is 23.0 Å². The van der Waals surface area contributed by atoms with Gasteiger partial charge < -0.3 is 15.5 Å². The van der Waals surface area contributed by atoms with Crippen LogP contribution in [0.1, 0.15) is 15.9 Å². The molecular weight excluding hydrogens is 361 g/mol. The summed E-state index contributed by atoms with van der Waals surface area (Å²) in [5.41, 5.74) is 2.34. The van der Waals surface area contributed by atoms with Gasteiger partial charge in [-0.25, -0.2) is 0 Å². The van der Waals surface area contributed by atoms with Crippen molar-refractivity contribution in [2.75, 3.05) is 25.5 Å². The molecular formula is C18H19Cl2N3O2. The number of hydrogen-bond donors (Lipinski definition) is 2. The molecule has 25 heavy (non-hydrogen) atoms. The average molecular weight is 380 g/mol. The fraction of sp³-hybridized carbons (Fsp3) is 0.222. The Balaban J connectivity index is 1.81. The standard InChI is InChI=1S/C18H19Cl2N3O2/c1-23(2)14-6-3-12(4-7-14)10-21-17(24)11-22-18(25)15-8-5-13(19)9-16(15)20/h3-9H,10-11H2,1-2H3,(H,21,24)(H,22,25). The summed E-state index contributed by atoms with van der Waals surface area (Å²) in [5.74, 6) is -0.706. The molecule has 0 saturated carbocycles. The number of hydrogen-bond acceptors (Lipinski definition) is 3. The zero-order valence-electron chi connectivity index (χ0n) is 14.0. The zero-order chi connectivity index (χ0) is 18.4. The number of anilines is 1. The van der Waals surface area contributed by atoms with E-state index in [9.17, 15) is 9.59 Å². The number of nitrogens with one attached hydrogen (secondary N) is 2. The third kappa shape index (κ3) is 5.66. The molecule has 0 aliphatic heterocycles. The number of amides is 2. The van der Waals surface area contributed by atoms with Crippen molar-refractivity contribution in [3.8, 4) is 0 Å². The third-order valence-electron chi connectivity index (χ3n) is 3.53. The molecule has 0 heterocycles. The molecule has 0 aromatic heterocycles. The van der Waals surface area contributed by atoms with Gasteiger partial charge in [-0.3, -0.25) is 9.59 Å². The first-order valence-corrected chi connectivity index (χ1v) is 8.38. The van der Waals surface area contributed by atoms with Crippen LogP contribution in [0.4, 0.5) is 5.69 Å². The minimum absolute atomic E-state index is 0.131. The quantitative estimate of drug-likeness (QED) is 0.810. The van der Waals surface area contributed by atoms with Crippen molar-refractivity contribution in [1.29, 1.82) is 0 Å². The highest BCUT2D eigenvalue weighted by Crippen LogP contribution is 2.20. The summed E-state index contributed by atoms with van der Waals surface area (Å²) in [6, 6.07) is 12.4. The van der Waals surface area contributed by atoms with Crippen LogP contribution in [0.25, 0.3) is 0 Å². The highest BCUT2D eigenvalue weighted by atomic mass is 35.5. The number of halogens is 2. The van der Waals surface area contributed by atoms with Crippen LogP contribution in [-0.2, 0) is 11.3 Å². The summed E-state index contributed by atoms with van der Waals surface area (Å²) in [4.78, 5) is 25.9. The minimum atomic E-state index is -0.424. The Kier molecular flexibility index (Phi) is 6.67. The Bertz CT molecular complexity index is 761. The molecule has 132 valence electrons. The predicted molar refractivity (Wildman–Crippen MR) is 101 cm³/mol. The summed E-state index contributed by atoms with van der Waals surface area (Å²) in [6.07, 6.45) is 0. The van der Waals surface area contributed by atoms with Crippen molar-refractivity contribution in [2.24, 2.45) is 0 Å². The van der Waals surface area contributed by atoms with E-state index in [2.05, 4.69) is 10.6 Å². The molecule has 0 atom stereocenters. The van der Waals surface area contributed by atoms with E-state index in [1.165, 1.54) is 12.1 Å². The fourth-order valence-electron chi connectivity index (χ4n) is 2.10. The first-order valence-electron chi connectivity index (χ1n) is 7.63. The number of carbonyl (C=O) groups excluding carboxylic acids is 2. The molecule has 2 amide bonds. The minimum Gasteiger partial charge on any atom is -0.378 e. The molecule has 2 aromatic rings. The Morgan fingerprint density at radius 3 is 2.28 bits per heavy atom. The Labute approximate surface area is 156 Å². The Hall–Kier alpha value is -2.24. The number of benzene rings is 2. The van der Waals surface area contributed by atoms with Crippen LogP contribution in [0.3, 0.4) is 0 Å². The van der Waals surface area contributed by atoms with Crippen molar-refractivity contribution in [3.63, 3.8) is 0 Å². The molecule has 0 saturated heterocycles. The van der Waals surface area contributed by atoms with Gasteiger partial charge in [0.05, 0.1) is 17.1 Å². The molecule has 2 rings (SSSR count). The third-order valence-corrected chi connectivity index (χ3v) is 4.08. The first kappa shape index (κ1) is 19.1. The topological polar surface area (TPSA) is 61.4 Å². The SMILES string of the molecule is CN(C)c1ccc(CNC(=O)CNC(=O)c2ccc(Cl)cc2Cl)cc1. The van der Waals surface area contributed by atoms with Gasteiger partial charge in [-0.15, -0.1) is 0 Å². The van der Waals surface area contributed by atoms with Crippen LogP contribution in [0.15, 0.2) is 42.5 Å². The highest BCUT2D eigenvalue weighted by Gasteiger charge is 2.12. The van der Waals surface area contributed by atoms with Gasteiger partial charge >= 0.3 is 0 Å². The van der Waals surface area contributed by atoms with Crippen LogP contribution >= 0.6 is 23.2 Å². The second-order valence-electron chi connectivity index (χ2n) is 5.64. The molecule has 0 radical (unpaired) electrons. The lowest BCUT2D eigenvalue weighted by atomic mass is 10.2. The average Bonchev–Trinajstić information content (AvgIpc) is 2.58. The first-order chi connectivity index (χ1) is 11.9. The monoisotopic (exact) mass is 379 g/mol. The van der Waals surface area contributed by atoms with Crippen molar-refractivity contribution in [1.82, 2.24) is 10.6 Å². The lowest BCUT2D eigenvalue weighted by Gasteiger charge is -2.13. The van der Waals surface area contributed by atoms with E-state index < -0.39 is 5.91 Å². The Morgan fingerprint density at radius 2 is 1.68 bits per heavy atom. The van der Waals surface area contributed by atoms with Gasteiger partial charge in [0, 0.05) is 31.4 Å². The van der Waals surface area contributed by atoms with E-state index in [0.717, 1.165) is 11.3 Å². The zero-order valence-corrected chi connectivity index (χ0v) is 15.5. The molecule has 2 aromatic carbocycles. The van der Waals surface area contributed by atoms with Crippen LogP contribution in [0.2, 0.25) is 10.0 Å². The van der Waals surface area contributed by atoms with Crippen molar-refractivity contribution >= 4 is 40.7 Å². The number of nitrogens with zero attached hydrogens (tertiary/aromatic N) is 1. The lowest BCUT2D eigenvalue weighted by molar-refractivity contribution is -0.120. The van der Waals surface area contributed by atoms with Gasteiger partial charge in [0.15, 0.2) is 0 Å². The molecule has 2 N–H and O–H groups in total. The largest absolute Gasteiger partial charge is 0.378 e. The van der Waals surface area contributed by atoms with Crippen LogP contribution in [-0.4, -0.2) is 32.5 Å². The van der Waals surface area contributed by atoms with E-state index in [1.807, 2.05) is 43.3 Å². The molecule has 0 unspecified atom stereocenters. The maximum atomic E-state index is 12.0. The maximum absolute atomic E-state index is 12.0. The van der Waals surface area contributed by atoms with Crippen LogP contribution in [0, 0.1) is 0 Å². The summed E-state index contributed by atoms with van der Waals surface area (Å²) >= 11 is 11.8. The van der Waals surface area contributed by atoms with E-state index in [0.29, 0.717) is 11.6 Å². The van der Waals surface area contributed by atoms with Gasteiger partial charge in [-0.05, 0) is 35.9 Å². The number of rotatable bonds is 6. The second-order valence-corrected chi connectivity index (χ2v) is 6.49. The molecule has 0 aliphatic rings. The molecule has 5 nitrogen and oxygen atoms in total. The van der Waals surface area contributed by atoms with Crippen molar-refractivity contribution in [2.45, 2.75) is 6.54 Å². The van der Waals surface area contributed by atoms with Gasteiger partial charge in [-0.2, -0.15) is 0 Å². The summed E-state index contributed by atoms with van der Waals surface area (Å²) in [7, 11) is 3.93. The second kappa shape index (κ2) is 8.74. The van der Waals surface area contributed by atoms with Crippen molar-refractivity contribution < 1.29 is 9.59 Å². The normalized spacial score (nSPS) is 10.2. The summed E-state index contributed by atoms with van der Waals surface area (Å²) in [6.45, 7) is 0.262. The number of carbonyl (C=O) groups is 2. The van der Waals surface area contributed by atoms with Gasteiger partial charge in [0.2, 0.25) is 5.91 Å².